The fourth-order valence-corrected chi connectivity index (χ4v) is 5.28. The van der Waals surface area contributed by atoms with Gasteiger partial charge in [0.05, 0.1) is 17.7 Å². The lowest BCUT2D eigenvalue weighted by Crippen LogP contribution is -2.14. The maximum atomic E-state index is 12.6. The summed E-state index contributed by atoms with van der Waals surface area (Å²) in [5.74, 6) is 0.182. The van der Waals surface area contributed by atoms with Crippen molar-refractivity contribution in [3.8, 4) is 5.75 Å². The Morgan fingerprint density at radius 1 is 1.12 bits per heavy atom. The average molecular weight is 430 g/mol. The van der Waals surface area contributed by atoms with Crippen LogP contribution in [0.1, 0.15) is 5.56 Å². The van der Waals surface area contributed by atoms with Crippen LogP contribution >= 0.6 is 15.9 Å². The zero-order valence-corrected chi connectivity index (χ0v) is 15.6. The van der Waals surface area contributed by atoms with Gasteiger partial charge >= 0.3 is 0 Å². The molecule has 2 aromatic rings. The van der Waals surface area contributed by atoms with Gasteiger partial charge in [0.25, 0.3) is 10.0 Å². The number of ether oxygens (including phenoxy) is 1. The Morgan fingerprint density at radius 2 is 1.88 bits per heavy atom. The molecule has 24 heavy (non-hydrogen) atoms. The molecule has 0 spiro atoms. The Bertz CT molecular complexity index is 1060. The number of methoxy groups -OCH3 is 1. The second kappa shape index (κ2) is 5.91. The quantitative estimate of drug-likeness (QED) is 0.806. The second-order valence-corrected chi connectivity index (χ2v) is 9.37. The highest BCUT2D eigenvalue weighted by Gasteiger charge is 2.24. The first-order valence-corrected chi connectivity index (χ1v) is 10.5. The zero-order valence-electron chi connectivity index (χ0n) is 12.4. The molecule has 1 aliphatic heterocycles. The molecule has 0 amide bonds. The molecule has 0 atom stereocenters. The molecule has 9 heteroatoms. The number of sulfonamides is 1. The van der Waals surface area contributed by atoms with E-state index in [1.807, 2.05) is 0 Å². The van der Waals surface area contributed by atoms with E-state index in [9.17, 15) is 16.8 Å². The first-order valence-electron chi connectivity index (χ1n) is 6.66. The summed E-state index contributed by atoms with van der Waals surface area (Å²) in [6, 6.07) is 8.94. The first-order chi connectivity index (χ1) is 11.2. The van der Waals surface area contributed by atoms with E-state index in [0.29, 0.717) is 10.0 Å². The summed E-state index contributed by atoms with van der Waals surface area (Å²) in [5.41, 5.74) is 0.682. The fraction of sp³-hybridized carbons (Fsp3) is 0.0667. The molecule has 0 aromatic heterocycles. The monoisotopic (exact) mass is 429 g/mol. The molecule has 0 unspecified atom stereocenters. The van der Waals surface area contributed by atoms with Gasteiger partial charge in [-0.1, -0.05) is 22.0 Å². The number of rotatable bonds is 4. The summed E-state index contributed by atoms with van der Waals surface area (Å²) < 4.78 is 57.1. The van der Waals surface area contributed by atoms with Crippen molar-refractivity contribution in [2.24, 2.45) is 0 Å². The maximum absolute atomic E-state index is 12.6. The lowest BCUT2D eigenvalue weighted by Gasteiger charge is -2.12. The van der Waals surface area contributed by atoms with Crippen molar-refractivity contribution < 1.29 is 21.6 Å². The number of hydrogen-bond donors (Lipinski definition) is 1. The summed E-state index contributed by atoms with van der Waals surface area (Å²) in [4.78, 5) is 0.0183. The Hall–Kier alpha value is -1.84. The minimum Gasteiger partial charge on any atom is -0.495 e. The molecule has 0 saturated heterocycles. The van der Waals surface area contributed by atoms with E-state index < -0.39 is 19.9 Å². The number of nitrogens with one attached hydrogen (secondary N) is 1. The van der Waals surface area contributed by atoms with Crippen molar-refractivity contribution in [3.63, 3.8) is 0 Å². The van der Waals surface area contributed by atoms with Crippen LogP contribution in [0.5, 0.6) is 5.75 Å². The normalized spacial score (nSPS) is 15.1. The van der Waals surface area contributed by atoms with Crippen LogP contribution in [0, 0.1) is 0 Å². The predicted octanol–water partition coefficient (Wildman–Crippen LogP) is 3.02. The minimum atomic E-state index is -3.95. The second-order valence-electron chi connectivity index (χ2n) is 5.00. The predicted molar refractivity (Wildman–Crippen MR) is 94.2 cm³/mol. The van der Waals surface area contributed by atoms with Crippen molar-refractivity contribution >= 4 is 47.6 Å². The Morgan fingerprint density at radius 3 is 2.58 bits per heavy atom. The van der Waals surface area contributed by atoms with Crippen molar-refractivity contribution in [1.29, 1.82) is 0 Å². The third-order valence-electron chi connectivity index (χ3n) is 3.41. The van der Waals surface area contributed by atoms with Crippen LogP contribution in [0.2, 0.25) is 0 Å². The topological polar surface area (TPSA) is 89.5 Å². The zero-order chi connectivity index (χ0) is 17.5. The van der Waals surface area contributed by atoms with Gasteiger partial charge in [-0.3, -0.25) is 4.72 Å². The molecular formula is C15H12BrNO5S2. The highest BCUT2D eigenvalue weighted by molar-refractivity contribution is 9.10. The fourth-order valence-electron chi connectivity index (χ4n) is 2.29. The van der Waals surface area contributed by atoms with Crippen LogP contribution in [0.3, 0.4) is 0 Å². The van der Waals surface area contributed by atoms with Crippen LogP contribution in [0.25, 0.3) is 6.08 Å². The van der Waals surface area contributed by atoms with Gasteiger partial charge in [-0.2, -0.15) is 0 Å². The minimum absolute atomic E-state index is 0.0548. The van der Waals surface area contributed by atoms with Crippen LogP contribution in [-0.4, -0.2) is 23.9 Å². The molecule has 1 N–H and O–H groups in total. The summed E-state index contributed by atoms with van der Waals surface area (Å²) in [6.45, 7) is 0. The first kappa shape index (κ1) is 17.0. The summed E-state index contributed by atoms with van der Waals surface area (Å²) in [6.07, 6.45) is 1.47. The van der Waals surface area contributed by atoms with Crippen molar-refractivity contribution in [2.45, 2.75) is 9.79 Å². The van der Waals surface area contributed by atoms with Crippen LogP contribution in [0.15, 0.2) is 56.1 Å². The van der Waals surface area contributed by atoms with E-state index in [4.69, 9.17) is 4.74 Å². The molecule has 1 heterocycles. The third-order valence-corrected chi connectivity index (χ3v) is 6.77. The van der Waals surface area contributed by atoms with Gasteiger partial charge in [-0.05, 0) is 42.0 Å². The number of fused-ring (bicyclic) bond motifs is 1. The van der Waals surface area contributed by atoms with E-state index in [0.717, 1.165) is 5.41 Å². The lowest BCUT2D eigenvalue weighted by molar-refractivity contribution is 0.403. The average Bonchev–Trinajstić information content (AvgIpc) is 2.82. The number of benzene rings is 2. The van der Waals surface area contributed by atoms with E-state index in [-0.39, 0.29) is 21.2 Å². The van der Waals surface area contributed by atoms with Gasteiger partial charge in [0.1, 0.15) is 10.6 Å². The molecule has 2 aromatic carbocycles. The van der Waals surface area contributed by atoms with Crippen LogP contribution in [0.4, 0.5) is 5.69 Å². The number of halogens is 1. The Kier molecular flexibility index (Phi) is 4.18. The molecular weight excluding hydrogens is 418 g/mol. The van der Waals surface area contributed by atoms with Crippen molar-refractivity contribution in [2.75, 3.05) is 11.8 Å². The van der Waals surface area contributed by atoms with Crippen LogP contribution < -0.4 is 9.46 Å². The SMILES string of the molecule is COc1ccc(Br)cc1S(=O)(=O)Nc1ccc2c(c1)S(=O)(=O)C=C2. The molecule has 6 nitrogen and oxygen atoms in total. The van der Waals surface area contributed by atoms with Crippen molar-refractivity contribution in [3.05, 3.63) is 51.8 Å². The van der Waals surface area contributed by atoms with Gasteiger partial charge < -0.3 is 4.74 Å². The summed E-state index contributed by atoms with van der Waals surface area (Å²) >= 11 is 3.22. The van der Waals surface area contributed by atoms with E-state index in [2.05, 4.69) is 20.7 Å². The van der Waals surface area contributed by atoms with Crippen molar-refractivity contribution in [1.82, 2.24) is 0 Å². The Balaban J connectivity index is 2.02. The van der Waals surface area contributed by atoms with Gasteiger partial charge in [0.2, 0.25) is 9.84 Å². The molecule has 126 valence electrons. The third kappa shape index (κ3) is 3.06. The van der Waals surface area contributed by atoms with Crippen LogP contribution in [-0.2, 0) is 19.9 Å². The smallest absolute Gasteiger partial charge is 0.265 e. The largest absolute Gasteiger partial charge is 0.495 e. The van der Waals surface area contributed by atoms with Gasteiger partial charge in [0, 0.05) is 9.88 Å². The molecule has 0 aliphatic carbocycles. The van der Waals surface area contributed by atoms with E-state index in [1.165, 1.54) is 37.5 Å². The molecule has 3 rings (SSSR count). The molecule has 0 bridgehead atoms. The maximum Gasteiger partial charge on any atom is 0.265 e. The number of sulfone groups is 1. The van der Waals surface area contributed by atoms with Gasteiger partial charge in [0.15, 0.2) is 0 Å². The summed E-state index contributed by atoms with van der Waals surface area (Å²) in [7, 11) is -6.10. The lowest BCUT2D eigenvalue weighted by atomic mass is 10.2. The van der Waals surface area contributed by atoms with Gasteiger partial charge in [-0.15, -0.1) is 0 Å². The van der Waals surface area contributed by atoms with Gasteiger partial charge in [-0.25, -0.2) is 16.8 Å². The molecule has 0 fully saturated rings. The van der Waals surface area contributed by atoms with E-state index in [1.54, 1.807) is 12.1 Å². The Labute approximate surface area is 148 Å². The highest BCUT2D eigenvalue weighted by atomic mass is 79.9. The standard InChI is InChI=1S/C15H12BrNO5S2/c1-22-13-5-3-11(16)8-15(13)24(20,21)17-12-4-2-10-6-7-23(18,19)14(10)9-12/h2-9,17H,1H3. The number of hydrogen-bond acceptors (Lipinski definition) is 5. The molecule has 0 saturated carbocycles. The van der Waals surface area contributed by atoms with E-state index >= 15 is 0 Å². The molecule has 1 aliphatic rings. The number of anilines is 1. The molecule has 0 radical (unpaired) electrons. The highest BCUT2D eigenvalue weighted by Crippen LogP contribution is 2.32. The summed E-state index contributed by atoms with van der Waals surface area (Å²) in [5, 5.41) is 1.09.